The summed E-state index contributed by atoms with van der Waals surface area (Å²) in [6, 6.07) is 6.59. The fraction of sp³-hybridized carbons (Fsp3) is 0.588. The van der Waals surface area contributed by atoms with Gasteiger partial charge >= 0.3 is 0 Å². The fourth-order valence-corrected chi connectivity index (χ4v) is 3.45. The molecule has 1 saturated heterocycles. The van der Waals surface area contributed by atoms with Gasteiger partial charge in [0.1, 0.15) is 0 Å². The summed E-state index contributed by atoms with van der Waals surface area (Å²) in [5.41, 5.74) is 1.98. The van der Waals surface area contributed by atoms with Crippen molar-refractivity contribution in [1.82, 2.24) is 10.2 Å². The Hall–Kier alpha value is -0.330. The zero-order chi connectivity index (χ0) is 14.8. The Balaban J connectivity index is 0.00000176. The van der Waals surface area contributed by atoms with Gasteiger partial charge in [-0.25, -0.2) is 0 Å². The van der Waals surface area contributed by atoms with Crippen LogP contribution in [0.15, 0.2) is 18.2 Å². The predicted octanol–water partition coefficient (Wildman–Crippen LogP) is 3.63. The summed E-state index contributed by atoms with van der Waals surface area (Å²) in [5, 5.41) is 3.66. The number of amides is 1. The van der Waals surface area contributed by atoms with Crippen molar-refractivity contribution in [3.63, 3.8) is 0 Å². The summed E-state index contributed by atoms with van der Waals surface area (Å²) < 4.78 is 1.17. The molecule has 1 aliphatic heterocycles. The first-order chi connectivity index (χ1) is 10.1. The lowest BCUT2D eigenvalue weighted by Crippen LogP contribution is -2.45. The van der Waals surface area contributed by atoms with E-state index in [1.165, 1.54) is 23.0 Å². The molecule has 0 bridgehead atoms. The number of halogens is 2. The highest BCUT2D eigenvalue weighted by Crippen LogP contribution is 2.28. The van der Waals surface area contributed by atoms with Crippen LogP contribution in [0.2, 0.25) is 0 Å². The van der Waals surface area contributed by atoms with Crippen molar-refractivity contribution in [2.24, 2.45) is 5.92 Å². The number of nitrogens with one attached hydrogen (secondary N) is 1. The first kappa shape index (κ1) is 18.0. The molecule has 2 fully saturated rings. The standard InChI is InChI=1S/C17H23IN2O.ClH/c1-12-15(3-2-4-16(12)18)17(21)20-9-7-14(8-10-20)19-11-13-5-6-13;/h2-4,13-14,19H,5-11H2,1H3;1H. The van der Waals surface area contributed by atoms with Gasteiger partial charge in [-0.05, 0) is 85.4 Å². The maximum atomic E-state index is 12.7. The van der Waals surface area contributed by atoms with Crippen molar-refractivity contribution in [1.29, 1.82) is 0 Å². The van der Waals surface area contributed by atoms with E-state index < -0.39 is 0 Å². The van der Waals surface area contributed by atoms with Crippen molar-refractivity contribution in [2.75, 3.05) is 19.6 Å². The second-order valence-corrected chi connectivity index (χ2v) is 7.49. The molecule has 0 aromatic heterocycles. The molecule has 0 spiro atoms. The summed E-state index contributed by atoms with van der Waals surface area (Å²) in [5.74, 6) is 1.13. The highest BCUT2D eigenvalue weighted by Gasteiger charge is 2.26. The van der Waals surface area contributed by atoms with E-state index in [-0.39, 0.29) is 18.3 Å². The number of carbonyl (C=O) groups excluding carboxylic acids is 1. The number of benzene rings is 1. The highest BCUT2D eigenvalue weighted by molar-refractivity contribution is 14.1. The Labute approximate surface area is 152 Å². The third-order valence-electron chi connectivity index (χ3n) is 4.67. The number of rotatable bonds is 4. The molecule has 1 amide bonds. The smallest absolute Gasteiger partial charge is 0.254 e. The molecule has 1 N–H and O–H groups in total. The summed E-state index contributed by atoms with van der Waals surface area (Å²) in [6.07, 6.45) is 4.97. The number of piperidine rings is 1. The molecule has 1 aromatic carbocycles. The average Bonchev–Trinajstić information content (AvgIpc) is 3.32. The molecule has 1 heterocycles. The second kappa shape index (κ2) is 7.97. The van der Waals surface area contributed by atoms with Crippen molar-refractivity contribution in [2.45, 2.75) is 38.6 Å². The Bertz CT molecular complexity index is 525. The van der Waals surface area contributed by atoms with E-state index in [1.807, 2.05) is 24.0 Å². The monoisotopic (exact) mass is 434 g/mol. The minimum Gasteiger partial charge on any atom is -0.339 e. The number of likely N-dealkylation sites (tertiary alicyclic amines) is 1. The van der Waals surface area contributed by atoms with Crippen molar-refractivity contribution in [3.8, 4) is 0 Å². The molecule has 3 nitrogen and oxygen atoms in total. The molecule has 1 aliphatic carbocycles. The first-order valence-corrected chi connectivity index (χ1v) is 9.01. The number of nitrogens with zero attached hydrogens (tertiary/aromatic N) is 1. The van der Waals surface area contributed by atoms with Crippen molar-refractivity contribution < 1.29 is 4.79 Å². The number of hydrogen-bond acceptors (Lipinski definition) is 2. The third kappa shape index (κ3) is 4.36. The molecular formula is C17H24ClIN2O. The zero-order valence-corrected chi connectivity index (χ0v) is 16.0. The highest BCUT2D eigenvalue weighted by atomic mass is 127. The lowest BCUT2D eigenvalue weighted by atomic mass is 10.0. The minimum absolute atomic E-state index is 0. The van der Waals surface area contributed by atoms with Gasteiger partial charge in [-0.2, -0.15) is 0 Å². The van der Waals surface area contributed by atoms with Crippen LogP contribution in [0.3, 0.4) is 0 Å². The molecular weight excluding hydrogens is 411 g/mol. The van der Waals surface area contributed by atoms with Crippen molar-refractivity contribution >= 4 is 40.9 Å². The third-order valence-corrected chi connectivity index (χ3v) is 5.84. The van der Waals surface area contributed by atoms with E-state index in [9.17, 15) is 4.79 Å². The Morgan fingerprint density at radius 2 is 1.95 bits per heavy atom. The van der Waals surface area contributed by atoms with Crippen LogP contribution >= 0.6 is 35.0 Å². The van der Waals surface area contributed by atoms with E-state index in [0.717, 1.165) is 43.0 Å². The average molecular weight is 435 g/mol. The van der Waals surface area contributed by atoms with E-state index in [0.29, 0.717) is 6.04 Å². The van der Waals surface area contributed by atoms with Crippen LogP contribution in [0.4, 0.5) is 0 Å². The van der Waals surface area contributed by atoms with Gasteiger partial charge in [-0.15, -0.1) is 12.4 Å². The molecule has 0 unspecified atom stereocenters. The van der Waals surface area contributed by atoms with E-state index in [1.54, 1.807) is 0 Å². The van der Waals surface area contributed by atoms with Gasteiger partial charge < -0.3 is 10.2 Å². The van der Waals surface area contributed by atoms with Gasteiger partial charge in [0.2, 0.25) is 0 Å². The van der Waals surface area contributed by atoms with Crippen LogP contribution < -0.4 is 5.32 Å². The van der Waals surface area contributed by atoms with Gasteiger partial charge in [0, 0.05) is 28.3 Å². The maximum absolute atomic E-state index is 12.7. The quantitative estimate of drug-likeness (QED) is 0.734. The van der Waals surface area contributed by atoms with Crippen LogP contribution in [-0.2, 0) is 0 Å². The van der Waals surface area contributed by atoms with Gasteiger partial charge in [0.15, 0.2) is 0 Å². The normalized spacial score (nSPS) is 18.9. The largest absolute Gasteiger partial charge is 0.339 e. The second-order valence-electron chi connectivity index (χ2n) is 6.33. The maximum Gasteiger partial charge on any atom is 0.254 e. The Kier molecular flexibility index (Phi) is 6.53. The lowest BCUT2D eigenvalue weighted by molar-refractivity contribution is 0.0704. The van der Waals surface area contributed by atoms with Crippen LogP contribution in [0.25, 0.3) is 0 Å². The van der Waals surface area contributed by atoms with Crippen LogP contribution in [0, 0.1) is 16.4 Å². The molecule has 122 valence electrons. The first-order valence-electron chi connectivity index (χ1n) is 7.93. The lowest BCUT2D eigenvalue weighted by Gasteiger charge is -2.33. The topological polar surface area (TPSA) is 32.3 Å². The molecule has 22 heavy (non-hydrogen) atoms. The molecule has 5 heteroatoms. The molecule has 1 aromatic rings. The fourth-order valence-electron chi connectivity index (χ4n) is 2.95. The van der Waals surface area contributed by atoms with Gasteiger partial charge in [0.25, 0.3) is 5.91 Å². The Morgan fingerprint density at radius 1 is 1.27 bits per heavy atom. The molecule has 0 radical (unpaired) electrons. The van der Waals surface area contributed by atoms with Gasteiger partial charge in [-0.3, -0.25) is 4.79 Å². The molecule has 1 saturated carbocycles. The summed E-state index contributed by atoms with van der Waals surface area (Å²) >= 11 is 2.30. The number of hydrogen-bond donors (Lipinski definition) is 1. The predicted molar refractivity (Wildman–Crippen MR) is 101 cm³/mol. The summed E-state index contributed by atoms with van der Waals surface area (Å²) in [7, 11) is 0. The Morgan fingerprint density at radius 3 is 2.59 bits per heavy atom. The zero-order valence-electron chi connectivity index (χ0n) is 13.0. The van der Waals surface area contributed by atoms with Crippen LogP contribution in [0.1, 0.15) is 41.6 Å². The minimum atomic E-state index is 0. The number of carbonyl (C=O) groups is 1. The van der Waals surface area contributed by atoms with E-state index in [4.69, 9.17) is 0 Å². The van der Waals surface area contributed by atoms with Gasteiger partial charge in [-0.1, -0.05) is 6.07 Å². The van der Waals surface area contributed by atoms with Crippen LogP contribution in [0.5, 0.6) is 0 Å². The molecule has 3 rings (SSSR count). The molecule has 0 atom stereocenters. The summed E-state index contributed by atoms with van der Waals surface area (Å²) in [4.78, 5) is 14.7. The SMILES string of the molecule is Cc1c(I)cccc1C(=O)N1CCC(NCC2CC2)CC1.Cl. The van der Waals surface area contributed by atoms with E-state index >= 15 is 0 Å². The van der Waals surface area contributed by atoms with Crippen molar-refractivity contribution in [3.05, 3.63) is 32.9 Å². The van der Waals surface area contributed by atoms with Crippen LogP contribution in [-0.4, -0.2) is 36.5 Å². The van der Waals surface area contributed by atoms with Gasteiger partial charge in [0.05, 0.1) is 0 Å². The summed E-state index contributed by atoms with van der Waals surface area (Å²) in [6.45, 7) is 4.98. The van der Waals surface area contributed by atoms with E-state index in [2.05, 4.69) is 34.0 Å². The molecule has 2 aliphatic rings.